The number of amides is 1. The Balaban J connectivity index is 2.16. The van der Waals surface area contributed by atoms with Gasteiger partial charge in [0.05, 0.1) is 24.2 Å². The third kappa shape index (κ3) is 4.49. The molecular weight excluding hydrogens is 384 g/mol. The smallest absolute Gasteiger partial charge is 0.341 e. The van der Waals surface area contributed by atoms with Gasteiger partial charge in [-0.3, -0.25) is 4.79 Å². The molecule has 0 heterocycles. The lowest BCUT2D eigenvalue weighted by Crippen LogP contribution is -2.35. The Labute approximate surface area is 163 Å². The number of rotatable bonds is 6. The molecule has 0 aromatic heterocycles. The first kappa shape index (κ1) is 21.4. The number of likely N-dealkylation sites (N-methyl/N-ethyl adjacent to an activating group) is 1. The van der Waals surface area contributed by atoms with Gasteiger partial charge < -0.3 is 15.2 Å². The highest BCUT2D eigenvalue weighted by Crippen LogP contribution is 2.28. The number of benzene rings is 2. The van der Waals surface area contributed by atoms with Crippen molar-refractivity contribution >= 4 is 27.6 Å². The number of hydrogen-bond acceptors (Lipinski definition) is 6. The first-order valence-corrected chi connectivity index (χ1v) is 9.75. The van der Waals surface area contributed by atoms with E-state index in [9.17, 15) is 23.1 Å². The second-order valence-electron chi connectivity index (χ2n) is 6.25. The standard InChI is InChI=1S/C19H22N2O6S/c1-12-8-9-14(10-13(12)2)28(25,26)21(3)11-17(22)20-16-7-5-6-15(18(16)23)19(24)27-4/h5-10,23H,11H2,1-4H3,(H,20,22). The summed E-state index contributed by atoms with van der Waals surface area (Å²) >= 11 is 0. The summed E-state index contributed by atoms with van der Waals surface area (Å²) < 4.78 is 30.8. The van der Waals surface area contributed by atoms with Gasteiger partial charge in [-0.05, 0) is 49.2 Å². The van der Waals surface area contributed by atoms with Crippen molar-refractivity contribution in [3.05, 3.63) is 53.1 Å². The fourth-order valence-electron chi connectivity index (χ4n) is 2.45. The second kappa shape index (κ2) is 8.41. The summed E-state index contributed by atoms with van der Waals surface area (Å²) in [5.41, 5.74) is 1.64. The normalized spacial score (nSPS) is 11.3. The fourth-order valence-corrected chi connectivity index (χ4v) is 3.66. The minimum Gasteiger partial charge on any atom is -0.505 e. The maximum absolute atomic E-state index is 12.7. The molecule has 150 valence electrons. The molecule has 0 radical (unpaired) electrons. The fraction of sp³-hybridized carbons (Fsp3) is 0.263. The molecule has 2 N–H and O–H groups in total. The van der Waals surface area contributed by atoms with Gasteiger partial charge in [-0.25, -0.2) is 13.2 Å². The average molecular weight is 406 g/mol. The summed E-state index contributed by atoms with van der Waals surface area (Å²) in [6.07, 6.45) is 0. The first-order chi connectivity index (χ1) is 13.1. The summed E-state index contributed by atoms with van der Waals surface area (Å²) in [5.74, 6) is -1.89. The van der Waals surface area contributed by atoms with Gasteiger partial charge in [0.25, 0.3) is 0 Å². The van der Waals surface area contributed by atoms with Crippen LogP contribution in [0.2, 0.25) is 0 Å². The van der Waals surface area contributed by atoms with Gasteiger partial charge in [-0.15, -0.1) is 0 Å². The van der Waals surface area contributed by atoms with E-state index in [1.54, 1.807) is 19.1 Å². The Morgan fingerprint density at radius 2 is 1.82 bits per heavy atom. The summed E-state index contributed by atoms with van der Waals surface area (Å²) in [4.78, 5) is 24.0. The molecule has 9 heteroatoms. The van der Waals surface area contributed by atoms with E-state index in [2.05, 4.69) is 10.1 Å². The summed E-state index contributed by atoms with van der Waals surface area (Å²) in [6.45, 7) is 3.20. The van der Waals surface area contributed by atoms with Crippen LogP contribution < -0.4 is 5.32 Å². The topological polar surface area (TPSA) is 113 Å². The Morgan fingerprint density at radius 3 is 2.43 bits per heavy atom. The van der Waals surface area contributed by atoms with Crippen LogP contribution in [0.4, 0.5) is 5.69 Å². The molecule has 0 aliphatic heterocycles. The number of sulfonamides is 1. The number of phenolic OH excluding ortho intramolecular Hbond substituents is 1. The van der Waals surface area contributed by atoms with E-state index >= 15 is 0 Å². The molecule has 0 aliphatic carbocycles. The average Bonchev–Trinajstić information content (AvgIpc) is 2.64. The largest absolute Gasteiger partial charge is 0.505 e. The van der Waals surface area contributed by atoms with Gasteiger partial charge in [-0.2, -0.15) is 4.31 Å². The van der Waals surface area contributed by atoms with E-state index in [1.807, 2.05) is 6.92 Å². The molecule has 0 spiro atoms. The number of nitrogens with one attached hydrogen (secondary N) is 1. The zero-order valence-corrected chi connectivity index (χ0v) is 16.8. The Kier molecular flexibility index (Phi) is 6.42. The van der Waals surface area contributed by atoms with Crippen molar-refractivity contribution in [1.29, 1.82) is 0 Å². The van der Waals surface area contributed by atoms with Crippen LogP contribution >= 0.6 is 0 Å². The molecule has 2 rings (SSSR count). The van der Waals surface area contributed by atoms with Crippen LogP contribution in [-0.2, 0) is 19.6 Å². The number of phenols is 1. The molecule has 28 heavy (non-hydrogen) atoms. The monoisotopic (exact) mass is 406 g/mol. The van der Waals surface area contributed by atoms with Gasteiger partial charge in [0.15, 0.2) is 5.75 Å². The Bertz CT molecular complexity index is 1020. The van der Waals surface area contributed by atoms with E-state index < -0.39 is 34.2 Å². The molecule has 0 bridgehead atoms. The number of methoxy groups -OCH3 is 1. The lowest BCUT2D eigenvalue weighted by molar-refractivity contribution is -0.116. The van der Waals surface area contributed by atoms with E-state index in [-0.39, 0.29) is 16.1 Å². The van der Waals surface area contributed by atoms with Gasteiger partial charge in [0.1, 0.15) is 5.56 Å². The van der Waals surface area contributed by atoms with Crippen molar-refractivity contribution in [2.75, 3.05) is 26.0 Å². The number of aryl methyl sites for hydroxylation is 2. The van der Waals surface area contributed by atoms with Gasteiger partial charge >= 0.3 is 5.97 Å². The molecule has 0 aliphatic rings. The summed E-state index contributed by atoms with van der Waals surface area (Å²) in [5, 5.41) is 12.5. The maximum Gasteiger partial charge on any atom is 0.341 e. The number of ether oxygens (including phenoxy) is 1. The van der Waals surface area contributed by atoms with E-state index in [0.717, 1.165) is 15.4 Å². The number of anilines is 1. The lowest BCUT2D eigenvalue weighted by Gasteiger charge is -2.18. The van der Waals surface area contributed by atoms with E-state index in [1.165, 1.54) is 38.4 Å². The van der Waals surface area contributed by atoms with Crippen molar-refractivity contribution in [2.24, 2.45) is 0 Å². The predicted octanol–water partition coefficient (Wildman–Crippen LogP) is 2.05. The van der Waals surface area contributed by atoms with Crippen molar-refractivity contribution < 1.29 is 27.9 Å². The second-order valence-corrected chi connectivity index (χ2v) is 8.29. The number of nitrogens with zero attached hydrogens (tertiary/aromatic N) is 1. The van der Waals surface area contributed by atoms with Crippen LogP contribution in [0, 0.1) is 13.8 Å². The van der Waals surface area contributed by atoms with Crippen molar-refractivity contribution in [1.82, 2.24) is 4.31 Å². The van der Waals surface area contributed by atoms with Crippen LogP contribution in [0.5, 0.6) is 5.75 Å². The summed E-state index contributed by atoms with van der Waals surface area (Å²) in [7, 11) is -1.41. The quantitative estimate of drug-likeness (QED) is 0.561. The molecule has 0 saturated carbocycles. The van der Waals surface area contributed by atoms with Gasteiger partial charge in [0, 0.05) is 7.05 Å². The zero-order valence-electron chi connectivity index (χ0n) is 16.0. The highest BCUT2D eigenvalue weighted by molar-refractivity contribution is 7.89. The van der Waals surface area contributed by atoms with Crippen molar-refractivity contribution in [3.8, 4) is 5.75 Å². The van der Waals surface area contributed by atoms with Gasteiger partial charge in [0.2, 0.25) is 15.9 Å². The summed E-state index contributed by atoms with van der Waals surface area (Å²) in [6, 6.07) is 8.91. The maximum atomic E-state index is 12.7. The molecule has 0 fully saturated rings. The highest BCUT2D eigenvalue weighted by Gasteiger charge is 2.24. The zero-order chi connectivity index (χ0) is 21.1. The molecule has 1 amide bonds. The lowest BCUT2D eigenvalue weighted by atomic mass is 10.1. The number of carbonyl (C=O) groups is 2. The highest BCUT2D eigenvalue weighted by atomic mass is 32.2. The minimum absolute atomic E-state index is 0.0233. The Hall–Kier alpha value is -2.91. The predicted molar refractivity (Wildman–Crippen MR) is 104 cm³/mol. The number of esters is 1. The van der Waals surface area contributed by atoms with Crippen LogP contribution in [0.1, 0.15) is 21.5 Å². The molecular formula is C19H22N2O6S. The van der Waals surface area contributed by atoms with Crippen LogP contribution in [0.3, 0.4) is 0 Å². The van der Waals surface area contributed by atoms with E-state index in [4.69, 9.17) is 0 Å². The molecule has 2 aromatic rings. The minimum atomic E-state index is -3.87. The third-order valence-corrected chi connectivity index (χ3v) is 6.07. The van der Waals surface area contributed by atoms with Crippen molar-refractivity contribution in [3.63, 3.8) is 0 Å². The van der Waals surface area contributed by atoms with Gasteiger partial charge in [-0.1, -0.05) is 12.1 Å². The van der Waals surface area contributed by atoms with Crippen LogP contribution in [0.15, 0.2) is 41.3 Å². The number of carbonyl (C=O) groups excluding carboxylic acids is 2. The molecule has 0 unspecified atom stereocenters. The number of hydrogen-bond donors (Lipinski definition) is 2. The van der Waals surface area contributed by atoms with Crippen molar-refractivity contribution in [2.45, 2.75) is 18.7 Å². The third-order valence-electron chi connectivity index (χ3n) is 4.27. The van der Waals surface area contributed by atoms with Crippen LogP contribution in [0.25, 0.3) is 0 Å². The first-order valence-electron chi connectivity index (χ1n) is 8.31. The van der Waals surface area contributed by atoms with E-state index in [0.29, 0.717) is 0 Å². The molecule has 0 atom stereocenters. The molecule has 8 nitrogen and oxygen atoms in total. The molecule has 2 aromatic carbocycles. The number of para-hydroxylation sites is 1. The SMILES string of the molecule is COC(=O)c1cccc(NC(=O)CN(C)S(=O)(=O)c2ccc(C)c(C)c2)c1O. The molecule has 0 saturated heterocycles. The Morgan fingerprint density at radius 1 is 1.14 bits per heavy atom. The number of aromatic hydroxyl groups is 1. The van der Waals surface area contributed by atoms with Crippen LogP contribution in [-0.4, -0.2) is 50.4 Å².